The van der Waals surface area contributed by atoms with Crippen LogP contribution in [0.25, 0.3) is 0 Å². The predicted octanol–water partition coefficient (Wildman–Crippen LogP) is 2.18. The summed E-state index contributed by atoms with van der Waals surface area (Å²) < 4.78 is 20.6. The van der Waals surface area contributed by atoms with Crippen molar-refractivity contribution >= 4 is 5.97 Å². The van der Waals surface area contributed by atoms with Crippen LogP contribution in [0.2, 0.25) is 0 Å². The highest BCUT2D eigenvalue weighted by atomic mass is 16.5. The molecule has 0 aliphatic carbocycles. The molecule has 0 rings (SSSR count). The summed E-state index contributed by atoms with van der Waals surface area (Å²) in [4.78, 5) is 10.8. The largest absolute Gasteiger partial charge is 0.469 e. The van der Waals surface area contributed by atoms with Crippen molar-refractivity contribution in [3.63, 3.8) is 0 Å². The number of hydrogen-bond donors (Lipinski definition) is 0. The van der Waals surface area contributed by atoms with E-state index >= 15 is 0 Å². The van der Waals surface area contributed by atoms with E-state index in [1.165, 1.54) is 20.0 Å². The lowest BCUT2D eigenvalue weighted by Crippen LogP contribution is -2.10. The van der Waals surface area contributed by atoms with Crippen LogP contribution in [-0.4, -0.2) is 52.7 Å². The van der Waals surface area contributed by atoms with Gasteiger partial charge in [0.2, 0.25) is 0 Å². The Labute approximate surface area is 116 Å². The van der Waals surface area contributed by atoms with Gasteiger partial charge in [0.05, 0.1) is 33.5 Å². The SMILES string of the molecule is CCCCCOCCOCCOCCCC(=O)OC. The zero-order valence-electron chi connectivity index (χ0n) is 12.3. The maximum absolute atomic E-state index is 10.8. The van der Waals surface area contributed by atoms with Crippen LogP contribution < -0.4 is 0 Å². The Bertz CT molecular complexity index is 196. The van der Waals surface area contributed by atoms with E-state index in [0.717, 1.165) is 13.0 Å². The van der Waals surface area contributed by atoms with Gasteiger partial charge in [-0.3, -0.25) is 4.79 Å². The maximum Gasteiger partial charge on any atom is 0.305 e. The minimum Gasteiger partial charge on any atom is -0.469 e. The highest BCUT2D eigenvalue weighted by Crippen LogP contribution is 1.94. The van der Waals surface area contributed by atoms with E-state index in [4.69, 9.17) is 14.2 Å². The Kier molecular flexibility index (Phi) is 14.9. The molecule has 0 radical (unpaired) electrons. The van der Waals surface area contributed by atoms with Gasteiger partial charge in [-0.05, 0) is 12.8 Å². The normalized spacial score (nSPS) is 10.6. The standard InChI is InChI=1S/C14H28O5/c1-3-4-5-8-17-10-12-19-13-11-18-9-6-7-14(15)16-2/h3-13H2,1-2H3. The van der Waals surface area contributed by atoms with Crippen molar-refractivity contribution in [1.82, 2.24) is 0 Å². The van der Waals surface area contributed by atoms with Crippen LogP contribution in [0.4, 0.5) is 0 Å². The van der Waals surface area contributed by atoms with Crippen LogP contribution in [0.1, 0.15) is 39.0 Å². The fraction of sp³-hybridized carbons (Fsp3) is 0.929. The molecule has 0 aliphatic heterocycles. The second kappa shape index (κ2) is 15.4. The molecule has 0 saturated carbocycles. The molecule has 0 saturated heterocycles. The number of hydrogen-bond acceptors (Lipinski definition) is 5. The number of methoxy groups -OCH3 is 1. The molecule has 0 N–H and O–H groups in total. The van der Waals surface area contributed by atoms with Gasteiger partial charge >= 0.3 is 5.97 Å². The Morgan fingerprint density at radius 1 is 0.789 bits per heavy atom. The van der Waals surface area contributed by atoms with Crippen LogP contribution in [0, 0.1) is 0 Å². The first-order valence-corrected chi connectivity index (χ1v) is 7.11. The summed E-state index contributed by atoms with van der Waals surface area (Å²) in [7, 11) is 1.39. The fourth-order valence-corrected chi connectivity index (χ4v) is 1.42. The van der Waals surface area contributed by atoms with Crippen molar-refractivity contribution in [3.05, 3.63) is 0 Å². The molecule has 0 fully saturated rings. The molecule has 0 aromatic carbocycles. The summed E-state index contributed by atoms with van der Waals surface area (Å²) in [6.45, 7) is 5.93. The van der Waals surface area contributed by atoms with E-state index in [9.17, 15) is 4.79 Å². The molecule has 0 bridgehead atoms. The summed E-state index contributed by atoms with van der Waals surface area (Å²) in [5, 5.41) is 0. The van der Waals surface area contributed by atoms with Gasteiger partial charge in [0.25, 0.3) is 0 Å². The lowest BCUT2D eigenvalue weighted by atomic mass is 10.3. The average Bonchev–Trinajstić information content (AvgIpc) is 2.43. The molecule has 0 aliphatic rings. The molecule has 0 aromatic rings. The van der Waals surface area contributed by atoms with Crippen molar-refractivity contribution in [3.8, 4) is 0 Å². The first-order valence-electron chi connectivity index (χ1n) is 7.11. The number of carbonyl (C=O) groups excluding carboxylic acids is 1. The third-order valence-corrected chi connectivity index (χ3v) is 2.53. The Morgan fingerprint density at radius 3 is 1.84 bits per heavy atom. The Hall–Kier alpha value is -0.650. The first-order chi connectivity index (χ1) is 9.31. The van der Waals surface area contributed by atoms with E-state index < -0.39 is 0 Å². The second-order valence-electron chi connectivity index (χ2n) is 4.22. The van der Waals surface area contributed by atoms with E-state index in [1.807, 2.05) is 0 Å². The molecular weight excluding hydrogens is 248 g/mol. The molecule has 0 spiro atoms. The van der Waals surface area contributed by atoms with Gasteiger partial charge < -0.3 is 18.9 Å². The quantitative estimate of drug-likeness (QED) is 0.359. The molecular formula is C14H28O5. The maximum atomic E-state index is 10.8. The van der Waals surface area contributed by atoms with Gasteiger partial charge in [0.1, 0.15) is 0 Å². The average molecular weight is 276 g/mol. The molecule has 0 unspecified atom stereocenters. The second-order valence-corrected chi connectivity index (χ2v) is 4.22. The van der Waals surface area contributed by atoms with Crippen molar-refractivity contribution in [2.24, 2.45) is 0 Å². The third kappa shape index (κ3) is 15.3. The highest BCUT2D eigenvalue weighted by Gasteiger charge is 1.98. The lowest BCUT2D eigenvalue weighted by molar-refractivity contribution is -0.141. The van der Waals surface area contributed by atoms with E-state index in [-0.39, 0.29) is 5.97 Å². The highest BCUT2D eigenvalue weighted by molar-refractivity contribution is 5.68. The minimum atomic E-state index is -0.194. The molecule has 0 atom stereocenters. The predicted molar refractivity (Wildman–Crippen MR) is 73.2 cm³/mol. The summed E-state index contributed by atoms with van der Waals surface area (Å²) in [5.74, 6) is -0.194. The summed E-state index contributed by atoms with van der Waals surface area (Å²) >= 11 is 0. The molecule has 5 heteroatoms. The third-order valence-electron chi connectivity index (χ3n) is 2.53. The summed E-state index contributed by atoms with van der Waals surface area (Å²) in [5.41, 5.74) is 0. The monoisotopic (exact) mass is 276 g/mol. The molecule has 0 amide bonds. The van der Waals surface area contributed by atoms with Crippen LogP contribution in [0.15, 0.2) is 0 Å². The van der Waals surface area contributed by atoms with Gasteiger partial charge in [-0.2, -0.15) is 0 Å². The van der Waals surface area contributed by atoms with Crippen LogP contribution in [0.5, 0.6) is 0 Å². The van der Waals surface area contributed by atoms with E-state index in [1.54, 1.807) is 0 Å². The molecule has 19 heavy (non-hydrogen) atoms. The van der Waals surface area contributed by atoms with Gasteiger partial charge in [-0.25, -0.2) is 0 Å². The van der Waals surface area contributed by atoms with Crippen LogP contribution in [0.3, 0.4) is 0 Å². The van der Waals surface area contributed by atoms with Gasteiger partial charge in [-0.15, -0.1) is 0 Å². The summed E-state index contributed by atoms with van der Waals surface area (Å²) in [6, 6.07) is 0. The smallest absolute Gasteiger partial charge is 0.305 e. The number of unbranched alkanes of at least 4 members (excludes halogenated alkanes) is 2. The van der Waals surface area contributed by atoms with Crippen LogP contribution >= 0.6 is 0 Å². The number of ether oxygens (including phenoxy) is 4. The first kappa shape index (κ1) is 18.4. The van der Waals surface area contributed by atoms with Gasteiger partial charge in [0, 0.05) is 19.6 Å². The topological polar surface area (TPSA) is 54.0 Å². The molecule has 0 aromatic heterocycles. The lowest BCUT2D eigenvalue weighted by Gasteiger charge is -2.06. The van der Waals surface area contributed by atoms with Crippen molar-refractivity contribution in [2.75, 3.05) is 46.8 Å². The summed E-state index contributed by atoms with van der Waals surface area (Å²) in [6.07, 6.45) is 4.66. The Morgan fingerprint density at radius 2 is 1.32 bits per heavy atom. The molecule has 5 nitrogen and oxygen atoms in total. The van der Waals surface area contributed by atoms with Gasteiger partial charge in [0.15, 0.2) is 0 Å². The zero-order chi connectivity index (χ0) is 14.2. The number of carbonyl (C=O) groups is 1. The number of esters is 1. The van der Waals surface area contributed by atoms with E-state index in [0.29, 0.717) is 45.9 Å². The van der Waals surface area contributed by atoms with Crippen molar-refractivity contribution < 1.29 is 23.7 Å². The Balaban J connectivity index is 2.97. The number of rotatable bonds is 14. The van der Waals surface area contributed by atoms with Gasteiger partial charge in [-0.1, -0.05) is 19.8 Å². The molecule has 114 valence electrons. The van der Waals surface area contributed by atoms with Crippen LogP contribution in [-0.2, 0) is 23.7 Å². The molecule has 0 heterocycles. The zero-order valence-corrected chi connectivity index (χ0v) is 12.3. The van der Waals surface area contributed by atoms with Crippen molar-refractivity contribution in [1.29, 1.82) is 0 Å². The van der Waals surface area contributed by atoms with E-state index in [2.05, 4.69) is 11.7 Å². The fourth-order valence-electron chi connectivity index (χ4n) is 1.42. The van der Waals surface area contributed by atoms with Crippen molar-refractivity contribution in [2.45, 2.75) is 39.0 Å². The minimum absolute atomic E-state index is 0.194.